The summed E-state index contributed by atoms with van der Waals surface area (Å²) in [7, 11) is 0. The molecule has 1 heterocycles. The minimum Gasteiger partial charge on any atom is -0.345 e. The summed E-state index contributed by atoms with van der Waals surface area (Å²) in [6.45, 7) is 7.54. The molecule has 6 heteroatoms. The van der Waals surface area contributed by atoms with E-state index in [1.54, 1.807) is 0 Å². The molecule has 1 saturated carbocycles. The molecule has 1 aliphatic heterocycles. The van der Waals surface area contributed by atoms with Crippen molar-refractivity contribution in [1.82, 2.24) is 10.6 Å². The summed E-state index contributed by atoms with van der Waals surface area (Å²) in [4.78, 5) is 11.2. The topological polar surface area (TPSA) is 41.1 Å². The first-order valence-corrected chi connectivity index (χ1v) is 6.87. The van der Waals surface area contributed by atoms with Crippen LogP contribution in [0.4, 0.5) is 13.2 Å². The average molecular weight is 290 g/mol. The van der Waals surface area contributed by atoms with Gasteiger partial charge < -0.3 is 10.6 Å². The van der Waals surface area contributed by atoms with Crippen LogP contribution in [0.5, 0.6) is 0 Å². The maximum atomic E-state index is 12.4. The second-order valence-electron chi connectivity index (χ2n) is 6.59. The molecule has 0 radical (unpaired) electrons. The Kier molecular flexibility index (Phi) is 3.65. The van der Waals surface area contributed by atoms with Crippen LogP contribution in [0.2, 0.25) is 0 Å². The quantitative estimate of drug-likeness (QED) is 0.728. The lowest BCUT2D eigenvalue weighted by atomic mass is 9.57. The van der Waals surface area contributed by atoms with Crippen molar-refractivity contribution >= 4 is 5.91 Å². The van der Waals surface area contributed by atoms with Crippen molar-refractivity contribution < 1.29 is 18.0 Å². The van der Waals surface area contributed by atoms with Gasteiger partial charge in [-0.15, -0.1) is 0 Å². The number of halogens is 3. The highest BCUT2D eigenvalue weighted by atomic mass is 19.4. The molecule has 20 heavy (non-hydrogen) atoms. The maximum Gasteiger partial charge on any atom is 0.471 e. The third-order valence-electron chi connectivity index (χ3n) is 4.73. The molecule has 2 N–H and O–H groups in total. The van der Waals surface area contributed by atoms with Gasteiger partial charge in [0.25, 0.3) is 0 Å². The highest BCUT2D eigenvalue weighted by molar-refractivity contribution is 5.82. The molecule has 114 valence electrons. The fourth-order valence-electron chi connectivity index (χ4n) is 3.63. The van der Waals surface area contributed by atoms with Gasteiger partial charge in [0.2, 0.25) is 0 Å². The molecule has 0 aromatic rings. The predicted molar refractivity (Wildman–Crippen MR) is 70.1 cm³/mol. The molecule has 2 rings (SSSR count). The number of alkyl halides is 3. The highest BCUT2D eigenvalue weighted by Crippen LogP contribution is 2.51. The average Bonchev–Trinajstić information content (AvgIpc) is 2.31. The third-order valence-corrected chi connectivity index (χ3v) is 4.73. The molecular weight excluding hydrogens is 269 g/mol. The number of amides is 1. The van der Waals surface area contributed by atoms with E-state index in [0.717, 1.165) is 25.1 Å². The van der Waals surface area contributed by atoms with Crippen molar-refractivity contribution in [2.24, 2.45) is 10.8 Å². The number of hydrogen-bond acceptors (Lipinski definition) is 2. The van der Waals surface area contributed by atoms with Crippen LogP contribution in [0.15, 0.2) is 11.6 Å². The Hall–Kier alpha value is -1.04. The number of carbonyl (C=O) groups excluding carboxylic acids is 1. The second-order valence-corrected chi connectivity index (χ2v) is 6.59. The zero-order valence-corrected chi connectivity index (χ0v) is 12.0. The first kappa shape index (κ1) is 15.4. The monoisotopic (exact) mass is 290 g/mol. The van der Waals surface area contributed by atoms with Gasteiger partial charge in [0.15, 0.2) is 0 Å². The first-order valence-electron chi connectivity index (χ1n) is 6.87. The van der Waals surface area contributed by atoms with Crippen LogP contribution in [0.25, 0.3) is 0 Å². The molecular formula is C14H21F3N2O. The zero-order chi connectivity index (χ0) is 15.2. The molecule has 0 aromatic heterocycles. The van der Waals surface area contributed by atoms with Crippen molar-refractivity contribution in [3.63, 3.8) is 0 Å². The molecule has 2 atom stereocenters. The number of carbonyl (C=O) groups is 1. The molecule has 1 aliphatic carbocycles. The minimum atomic E-state index is -4.82. The molecule has 1 amide bonds. The molecule has 1 fully saturated rings. The van der Waals surface area contributed by atoms with Crippen LogP contribution in [-0.2, 0) is 4.79 Å². The summed E-state index contributed by atoms with van der Waals surface area (Å²) < 4.78 is 37.3. The minimum absolute atomic E-state index is 0.0266. The van der Waals surface area contributed by atoms with Crippen molar-refractivity contribution in [2.75, 3.05) is 13.1 Å². The summed E-state index contributed by atoms with van der Waals surface area (Å²) in [6.07, 6.45) is -1.42. The molecule has 0 spiro atoms. The fraction of sp³-hybridized carbons (Fsp3) is 0.786. The lowest BCUT2D eigenvalue weighted by Crippen LogP contribution is -2.57. The summed E-state index contributed by atoms with van der Waals surface area (Å²) in [5.74, 6) is -1.84. The van der Waals surface area contributed by atoms with E-state index in [0.29, 0.717) is 6.42 Å². The largest absolute Gasteiger partial charge is 0.471 e. The van der Waals surface area contributed by atoms with E-state index in [2.05, 4.69) is 23.6 Å². The van der Waals surface area contributed by atoms with Gasteiger partial charge in [0.1, 0.15) is 0 Å². The Bertz CT molecular complexity index is 442. The van der Waals surface area contributed by atoms with E-state index in [9.17, 15) is 18.0 Å². The molecule has 0 unspecified atom stereocenters. The van der Waals surface area contributed by atoms with Crippen molar-refractivity contribution in [3.05, 3.63) is 11.6 Å². The van der Waals surface area contributed by atoms with Crippen LogP contribution in [0.1, 0.15) is 33.6 Å². The Morgan fingerprint density at radius 2 is 2.05 bits per heavy atom. The fourth-order valence-corrected chi connectivity index (χ4v) is 3.63. The smallest absolute Gasteiger partial charge is 0.345 e. The molecule has 0 aromatic carbocycles. The lowest BCUT2D eigenvalue weighted by molar-refractivity contribution is -0.175. The van der Waals surface area contributed by atoms with Crippen LogP contribution >= 0.6 is 0 Å². The normalized spacial score (nSPS) is 33.1. The van der Waals surface area contributed by atoms with E-state index in [4.69, 9.17) is 0 Å². The van der Waals surface area contributed by atoms with Crippen LogP contribution in [0.3, 0.4) is 0 Å². The first-order chi connectivity index (χ1) is 9.07. The lowest BCUT2D eigenvalue weighted by Gasteiger charge is -2.52. The van der Waals surface area contributed by atoms with Gasteiger partial charge >= 0.3 is 12.1 Å². The van der Waals surface area contributed by atoms with E-state index in [-0.39, 0.29) is 5.41 Å². The maximum absolute atomic E-state index is 12.4. The van der Waals surface area contributed by atoms with Gasteiger partial charge in [0, 0.05) is 30.0 Å². The number of nitrogens with one attached hydrogen (secondary N) is 2. The van der Waals surface area contributed by atoms with Crippen LogP contribution < -0.4 is 10.6 Å². The van der Waals surface area contributed by atoms with Crippen LogP contribution in [-0.4, -0.2) is 31.2 Å². The molecule has 0 bridgehead atoms. The number of rotatable bonds is 1. The number of fused-ring (bicyclic) bond motifs is 1. The summed E-state index contributed by atoms with van der Waals surface area (Å²) >= 11 is 0. The number of hydrogen-bond donors (Lipinski definition) is 2. The SMILES string of the molecule is CC1(C)C2=CCNC[C@@]2(C)CC[C@@H]1NC(=O)C(F)(F)F. The second kappa shape index (κ2) is 4.76. The van der Waals surface area contributed by atoms with E-state index in [1.165, 1.54) is 0 Å². The molecule has 2 aliphatic rings. The standard InChI is InChI=1S/C14H21F3N2O/c1-12(2)9-5-7-18-8-13(9,3)6-4-10(12)19-11(20)14(15,16)17/h5,10,18H,4,6-8H2,1-3H3,(H,19,20)/t10-,13+/m0/s1. The summed E-state index contributed by atoms with van der Waals surface area (Å²) in [5, 5.41) is 5.47. The summed E-state index contributed by atoms with van der Waals surface area (Å²) in [6, 6.07) is -0.478. The molecule has 3 nitrogen and oxygen atoms in total. The van der Waals surface area contributed by atoms with Crippen molar-refractivity contribution in [1.29, 1.82) is 0 Å². The van der Waals surface area contributed by atoms with Crippen molar-refractivity contribution in [3.8, 4) is 0 Å². The Morgan fingerprint density at radius 3 is 2.65 bits per heavy atom. The van der Waals surface area contributed by atoms with E-state index in [1.807, 2.05) is 13.8 Å². The van der Waals surface area contributed by atoms with Gasteiger partial charge in [-0.25, -0.2) is 0 Å². The van der Waals surface area contributed by atoms with Gasteiger partial charge in [-0.3, -0.25) is 4.79 Å². The Balaban J connectivity index is 2.22. The predicted octanol–water partition coefficient (Wildman–Crippen LogP) is 2.39. The van der Waals surface area contributed by atoms with E-state index < -0.39 is 23.5 Å². The van der Waals surface area contributed by atoms with E-state index >= 15 is 0 Å². The zero-order valence-electron chi connectivity index (χ0n) is 12.0. The van der Waals surface area contributed by atoms with Gasteiger partial charge in [-0.1, -0.05) is 32.4 Å². The van der Waals surface area contributed by atoms with Crippen LogP contribution in [0, 0.1) is 10.8 Å². The Morgan fingerprint density at radius 1 is 1.40 bits per heavy atom. The van der Waals surface area contributed by atoms with Gasteiger partial charge in [-0.2, -0.15) is 13.2 Å². The summed E-state index contributed by atoms with van der Waals surface area (Å²) in [5.41, 5.74) is 0.666. The highest BCUT2D eigenvalue weighted by Gasteiger charge is 2.50. The van der Waals surface area contributed by atoms with Crippen molar-refractivity contribution in [2.45, 2.75) is 45.8 Å². The third kappa shape index (κ3) is 2.57. The van der Waals surface area contributed by atoms with Gasteiger partial charge in [-0.05, 0) is 12.8 Å². The van der Waals surface area contributed by atoms with Gasteiger partial charge in [0.05, 0.1) is 0 Å². The Labute approximate surface area is 117 Å². The molecule has 0 saturated heterocycles.